The normalized spacial score (nSPS) is 21.3. The first-order valence-electron chi connectivity index (χ1n) is 11.7. The maximum Gasteiger partial charge on any atom is 0.273 e. The van der Waals surface area contributed by atoms with Crippen LogP contribution in [0.3, 0.4) is 0 Å². The van der Waals surface area contributed by atoms with E-state index in [9.17, 15) is 4.79 Å². The third-order valence-corrected chi connectivity index (χ3v) is 7.17. The Balaban J connectivity index is 1.55. The lowest BCUT2D eigenvalue weighted by atomic mass is 9.83. The van der Waals surface area contributed by atoms with E-state index in [0.29, 0.717) is 41.4 Å². The van der Waals surface area contributed by atoms with Gasteiger partial charge in [0.25, 0.3) is 5.91 Å². The minimum atomic E-state index is -0.222. The number of amides is 1. The number of carbonyl (C=O) groups is 1. The molecule has 0 aromatic carbocycles. The Morgan fingerprint density at radius 1 is 1.22 bits per heavy atom. The molecule has 1 saturated carbocycles. The van der Waals surface area contributed by atoms with Gasteiger partial charge in [-0.25, -0.2) is 4.98 Å². The van der Waals surface area contributed by atoms with E-state index in [4.69, 9.17) is 16.3 Å². The van der Waals surface area contributed by atoms with Crippen LogP contribution in [-0.4, -0.2) is 47.4 Å². The zero-order valence-corrected chi connectivity index (χ0v) is 20.3. The molecule has 32 heavy (non-hydrogen) atoms. The molecule has 0 radical (unpaired) electrons. The summed E-state index contributed by atoms with van der Waals surface area (Å²) >= 11 is 6.73. The van der Waals surface area contributed by atoms with Gasteiger partial charge in [0.05, 0.1) is 23.4 Å². The first-order chi connectivity index (χ1) is 15.4. The summed E-state index contributed by atoms with van der Waals surface area (Å²) in [6.45, 7) is 9.74. The van der Waals surface area contributed by atoms with Crippen molar-refractivity contribution in [3.63, 3.8) is 0 Å². The van der Waals surface area contributed by atoms with Crippen LogP contribution in [0.2, 0.25) is 5.02 Å². The number of methoxy groups -OCH3 is 1. The summed E-state index contributed by atoms with van der Waals surface area (Å²) in [6, 6.07) is 1.94. The molecule has 1 amide bonds. The molecule has 0 atom stereocenters. The van der Waals surface area contributed by atoms with Gasteiger partial charge in [0.2, 0.25) is 0 Å². The fourth-order valence-corrected chi connectivity index (χ4v) is 5.08. The van der Waals surface area contributed by atoms with Crippen LogP contribution >= 0.6 is 11.6 Å². The average Bonchev–Trinajstić information content (AvgIpc) is 3.12. The fourth-order valence-electron chi connectivity index (χ4n) is 4.76. The van der Waals surface area contributed by atoms with Gasteiger partial charge in [-0.1, -0.05) is 38.3 Å². The fraction of sp³-hybridized carbons (Fsp3) is 0.625. The zero-order chi connectivity index (χ0) is 22.8. The number of ether oxygens (including phenoxy) is 1. The third kappa shape index (κ3) is 4.58. The monoisotopic (exact) mass is 459 g/mol. The number of pyridine rings is 1. The van der Waals surface area contributed by atoms with Gasteiger partial charge in [-0.2, -0.15) is 5.10 Å². The van der Waals surface area contributed by atoms with Crippen molar-refractivity contribution in [3.05, 3.63) is 23.0 Å². The topological polar surface area (TPSA) is 72.3 Å². The van der Waals surface area contributed by atoms with Crippen LogP contribution in [-0.2, 0) is 6.54 Å². The maximum absolute atomic E-state index is 12.9. The van der Waals surface area contributed by atoms with Crippen LogP contribution in [0.5, 0.6) is 5.75 Å². The molecule has 174 valence electrons. The molecule has 7 nitrogen and oxygen atoms in total. The average molecular weight is 460 g/mol. The predicted octanol–water partition coefficient (Wildman–Crippen LogP) is 4.64. The third-order valence-electron chi connectivity index (χ3n) is 6.81. The SMILES string of the molecule is CCn1nc(C(=O)NCC2CCC(C)CC2)c(Cl)c1-c1cnc(N2CC(C)C2)cc1OC. The summed E-state index contributed by atoms with van der Waals surface area (Å²) in [7, 11) is 1.64. The number of anilines is 1. The van der Waals surface area contributed by atoms with Crippen molar-refractivity contribution in [2.75, 3.05) is 31.6 Å². The van der Waals surface area contributed by atoms with E-state index in [1.165, 1.54) is 12.8 Å². The molecule has 1 saturated heterocycles. The molecule has 3 heterocycles. The number of halogens is 1. The molecule has 0 spiro atoms. The molecular formula is C24H34ClN5O2. The van der Waals surface area contributed by atoms with E-state index in [1.807, 2.05) is 13.0 Å². The summed E-state index contributed by atoms with van der Waals surface area (Å²) < 4.78 is 7.43. The zero-order valence-electron chi connectivity index (χ0n) is 19.5. The molecule has 1 N–H and O–H groups in total. The second-order valence-corrected chi connectivity index (χ2v) is 9.79. The van der Waals surface area contributed by atoms with Crippen molar-refractivity contribution in [1.82, 2.24) is 20.1 Å². The number of hydrogen-bond donors (Lipinski definition) is 1. The number of hydrogen-bond acceptors (Lipinski definition) is 5. The number of aryl methyl sites for hydroxylation is 1. The highest BCUT2D eigenvalue weighted by molar-refractivity contribution is 6.36. The summed E-state index contributed by atoms with van der Waals surface area (Å²) in [6.07, 6.45) is 6.56. The van der Waals surface area contributed by atoms with E-state index in [-0.39, 0.29) is 11.6 Å². The van der Waals surface area contributed by atoms with Crippen molar-refractivity contribution >= 4 is 23.3 Å². The van der Waals surface area contributed by atoms with Gasteiger partial charge >= 0.3 is 0 Å². The van der Waals surface area contributed by atoms with Crippen LogP contribution in [0.25, 0.3) is 11.3 Å². The van der Waals surface area contributed by atoms with Crippen LogP contribution in [0.1, 0.15) is 56.9 Å². The van der Waals surface area contributed by atoms with E-state index in [0.717, 1.165) is 43.2 Å². The van der Waals surface area contributed by atoms with Gasteiger partial charge in [0.1, 0.15) is 11.6 Å². The first kappa shape index (κ1) is 22.9. The van der Waals surface area contributed by atoms with E-state index >= 15 is 0 Å². The van der Waals surface area contributed by atoms with Gasteiger partial charge in [0.15, 0.2) is 5.69 Å². The second-order valence-electron chi connectivity index (χ2n) is 9.42. The smallest absolute Gasteiger partial charge is 0.273 e. The molecule has 2 aliphatic rings. The summed E-state index contributed by atoms with van der Waals surface area (Å²) in [4.78, 5) is 19.8. The number of nitrogens with zero attached hydrogens (tertiary/aromatic N) is 4. The molecule has 8 heteroatoms. The number of rotatable bonds is 7. The lowest BCUT2D eigenvalue weighted by molar-refractivity contribution is 0.0936. The van der Waals surface area contributed by atoms with Gasteiger partial charge in [-0.05, 0) is 37.5 Å². The largest absolute Gasteiger partial charge is 0.496 e. The molecule has 4 rings (SSSR count). The van der Waals surface area contributed by atoms with Crippen molar-refractivity contribution in [1.29, 1.82) is 0 Å². The van der Waals surface area contributed by atoms with Gasteiger partial charge in [0, 0.05) is 38.4 Å². The van der Waals surface area contributed by atoms with Crippen molar-refractivity contribution in [3.8, 4) is 17.0 Å². The van der Waals surface area contributed by atoms with Gasteiger partial charge in [-0.15, -0.1) is 0 Å². The second kappa shape index (κ2) is 9.69. The maximum atomic E-state index is 12.9. The Morgan fingerprint density at radius 2 is 1.94 bits per heavy atom. The number of aromatic nitrogens is 3. The highest BCUT2D eigenvalue weighted by atomic mass is 35.5. The molecule has 0 unspecified atom stereocenters. The Labute approximate surface area is 195 Å². The van der Waals surface area contributed by atoms with Crippen molar-refractivity contribution < 1.29 is 9.53 Å². The molecule has 2 aromatic rings. The summed E-state index contributed by atoms with van der Waals surface area (Å²) in [5.74, 6) is 3.34. The van der Waals surface area contributed by atoms with Crippen molar-refractivity contribution in [2.24, 2.45) is 17.8 Å². The Bertz CT molecular complexity index is 962. The van der Waals surface area contributed by atoms with Crippen molar-refractivity contribution in [2.45, 2.75) is 53.0 Å². The lowest BCUT2D eigenvalue weighted by Gasteiger charge is -2.38. The summed E-state index contributed by atoms with van der Waals surface area (Å²) in [5, 5.41) is 7.93. The van der Waals surface area contributed by atoms with E-state index < -0.39 is 0 Å². The highest BCUT2D eigenvalue weighted by Crippen LogP contribution is 2.38. The number of nitrogens with one attached hydrogen (secondary N) is 1. The molecule has 1 aliphatic heterocycles. The minimum absolute atomic E-state index is 0.222. The molecular weight excluding hydrogens is 426 g/mol. The lowest BCUT2D eigenvalue weighted by Crippen LogP contribution is -2.45. The quantitative estimate of drug-likeness (QED) is 0.653. The van der Waals surface area contributed by atoms with Crippen LogP contribution in [0.4, 0.5) is 5.82 Å². The highest BCUT2D eigenvalue weighted by Gasteiger charge is 2.28. The predicted molar refractivity (Wildman–Crippen MR) is 128 cm³/mol. The van der Waals surface area contributed by atoms with Crippen LogP contribution in [0, 0.1) is 17.8 Å². The Kier molecular flexibility index (Phi) is 6.93. The summed E-state index contributed by atoms with van der Waals surface area (Å²) in [5.41, 5.74) is 1.67. The van der Waals surface area contributed by atoms with Gasteiger partial charge in [-0.3, -0.25) is 9.48 Å². The minimum Gasteiger partial charge on any atom is -0.496 e. The molecule has 2 aromatic heterocycles. The van der Waals surface area contributed by atoms with Crippen LogP contribution in [0.15, 0.2) is 12.3 Å². The first-order valence-corrected chi connectivity index (χ1v) is 12.1. The van der Waals surface area contributed by atoms with E-state index in [1.54, 1.807) is 18.0 Å². The van der Waals surface area contributed by atoms with Gasteiger partial charge < -0.3 is 15.0 Å². The van der Waals surface area contributed by atoms with Crippen LogP contribution < -0.4 is 15.0 Å². The van der Waals surface area contributed by atoms with E-state index in [2.05, 4.69) is 34.1 Å². The Morgan fingerprint density at radius 3 is 2.56 bits per heavy atom. The standard InChI is InChI=1S/C24H34ClN5O2/c1-5-30-23(18-12-26-20(10-19(18)32-4)29-13-16(3)14-29)21(25)22(28-30)24(31)27-11-17-8-6-15(2)7-9-17/h10,12,15-17H,5-9,11,13-14H2,1-4H3,(H,27,31). The number of carbonyl (C=O) groups excluding carboxylic acids is 1. The molecule has 0 bridgehead atoms. The Hall–Kier alpha value is -2.28. The molecule has 2 fully saturated rings. The molecule has 1 aliphatic carbocycles.